The fourth-order valence-electron chi connectivity index (χ4n) is 2.80. The number of rotatable bonds is 31. The van der Waals surface area contributed by atoms with Gasteiger partial charge in [0, 0.05) is 6.08 Å². The molecule has 0 saturated heterocycles. The molecule has 0 aliphatic carbocycles. The molecule has 1 unspecified atom stereocenters. The summed E-state index contributed by atoms with van der Waals surface area (Å²) in [4.78, 5) is 9.84. The number of benzene rings is 1. The van der Waals surface area contributed by atoms with Crippen molar-refractivity contribution in [1.82, 2.24) is 0 Å². The molecule has 256 valence electrons. The molecule has 2 N–H and O–H groups in total. The molecule has 0 saturated carbocycles. The maximum Gasteiger partial charge on any atom is 0.329 e. The molecule has 1 atom stereocenters. The van der Waals surface area contributed by atoms with Crippen LogP contribution in [0.4, 0.5) is 0 Å². The Balaban J connectivity index is 0.00000278. The molecular formula is C30H52O14. The van der Waals surface area contributed by atoms with Crippen LogP contribution >= 0.6 is 0 Å². The van der Waals surface area contributed by atoms with Crippen molar-refractivity contribution in [2.75, 3.05) is 133 Å². The second kappa shape index (κ2) is 35.3. The van der Waals surface area contributed by atoms with Crippen LogP contribution in [0.5, 0.6) is 5.75 Å². The number of aliphatic hydroxyl groups is 2. The molecule has 0 fully saturated rings. The van der Waals surface area contributed by atoms with Crippen LogP contribution in [0.15, 0.2) is 43.0 Å². The summed E-state index contributed by atoms with van der Waals surface area (Å²) in [6, 6.07) is 9.19. The van der Waals surface area contributed by atoms with Crippen molar-refractivity contribution in [2.24, 2.45) is 0 Å². The van der Waals surface area contributed by atoms with Crippen LogP contribution in [0.3, 0.4) is 0 Å². The predicted octanol–water partition coefficient (Wildman–Crippen LogP) is 0.871. The van der Waals surface area contributed by atoms with Gasteiger partial charge in [-0.1, -0.05) is 24.8 Å². The van der Waals surface area contributed by atoms with Gasteiger partial charge in [-0.05, 0) is 12.1 Å². The lowest BCUT2D eigenvalue weighted by Gasteiger charge is -2.17. The Kier molecular flexibility index (Phi) is 33.5. The molecule has 14 nitrogen and oxygen atoms in total. The number of ether oxygens (including phenoxy) is 11. The maximum absolute atomic E-state index is 9.84. The molecule has 0 amide bonds. The predicted molar refractivity (Wildman–Crippen MR) is 160 cm³/mol. The first kappa shape index (κ1) is 41.8. The minimum absolute atomic E-state index is 0.0230. The molecule has 1 aromatic rings. The van der Waals surface area contributed by atoms with E-state index in [2.05, 4.69) is 11.3 Å². The van der Waals surface area contributed by atoms with Gasteiger partial charge in [0.05, 0.1) is 126 Å². The highest BCUT2D eigenvalue weighted by atomic mass is 16.7. The molecule has 1 aromatic carbocycles. The van der Waals surface area contributed by atoms with E-state index in [1.165, 1.54) is 7.11 Å². The van der Waals surface area contributed by atoms with E-state index in [4.69, 9.17) is 52.5 Å². The van der Waals surface area contributed by atoms with Gasteiger partial charge in [-0.15, -0.1) is 0 Å². The fraction of sp³-hybridized carbons (Fsp3) is 0.700. The zero-order chi connectivity index (χ0) is 32.2. The van der Waals surface area contributed by atoms with Gasteiger partial charge in [0.1, 0.15) is 12.4 Å². The van der Waals surface area contributed by atoms with Crippen LogP contribution in [-0.4, -0.2) is 155 Å². The third-order valence-electron chi connectivity index (χ3n) is 4.90. The highest BCUT2D eigenvalue weighted by Crippen LogP contribution is 2.11. The third-order valence-corrected chi connectivity index (χ3v) is 4.90. The van der Waals surface area contributed by atoms with Gasteiger partial charge in [0.2, 0.25) is 6.29 Å². The molecular weight excluding hydrogens is 584 g/mol. The second-order valence-electron chi connectivity index (χ2n) is 8.26. The highest BCUT2D eigenvalue weighted by molar-refractivity contribution is 5.80. The number of hydrogen-bond acceptors (Lipinski definition) is 14. The lowest BCUT2D eigenvalue weighted by Crippen LogP contribution is -2.26. The van der Waals surface area contributed by atoms with E-state index in [1.54, 1.807) is 12.1 Å². The van der Waals surface area contributed by atoms with E-state index in [1.807, 2.05) is 18.2 Å². The molecule has 44 heavy (non-hydrogen) atoms. The molecule has 0 radical (unpaired) electrons. The van der Waals surface area contributed by atoms with Gasteiger partial charge < -0.3 is 62.3 Å². The average molecular weight is 637 g/mol. The number of carbonyl (C=O) groups excluding carboxylic acids is 1. The Hall–Kier alpha value is -2.21. The standard InChI is InChI=1S/C26H46O12.C4H6O2/c27-6-7-29-8-9-30-10-11-31-12-13-32-14-15-33-16-17-34-18-19-35-20-21-36-22-23-37-26(24-28)38-25-4-2-1-3-5-25;1-3-4(5)6-2/h1-5,26-28H,6-24H2;3H,1H2,2H3. The van der Waals surface area contributed by atoms with Gasteiger partial charge in [0.15, 0.2) is 0 Å². The van der Waals surface area contributed by atoms with E-state index in [9.17, 15) is 9.90 Å². The van der Waals surface area contributed by atoms with Crippen molar-refractivity contribution >= 4 is 5.97 Å². The Bertz CT molecular complexity index is 725. The summed E-state index contributed by atoms with van der Waals surface area (Å²) in [7, 11) is 1.31. The van der Waals surface area contributed by atoms with Crippen LogP contribution in [0.1, 0.15) is 0 Å². The largest absolute Gasteiger partial charge is 0.466 e. The van der Waals surface area contributed by atoms with Gasteiger partial charge in [-0.3, -0.25) is 0 Å². The van der Waals surface area contributed by atoms with Crippen LogP contribution in [0.25, 0.3) is 0 Å². The van der Waals surface area contributed by atoms with Crippen LogP contribution < -0.4 is 4.74 Å². The van der Waals surface area contributed by atoms with Crippen molar-refractivity contribution < 1.29 is 67.1 Å². The van der Waals surface area contributed by atoms with Crippen LogP contribution in [-0.2, 0) is 52.2 Å². The van der Waals surface area contributed by atoms with Crippen LogP contribution in [0, 0.1) is 0 Å². The third kappa shape index (κ3) is 31.2. The smallest absolute Gasteiger partial charge is 0.329 e. The lowest BCUT2D eigenvalue weighted by atomic mass is 10.3. The van der Waals surface area contributed by atoms with Gasteiger partial charge in [-0.2, -0.15) is 0 Å². The van der Waals surface area contributed by atoms with Crippen LogP contribution in [0.2, 0.25) is 0 Å². The number of hydrogen-bond donors (Lipinski definition) is 2. The first-order chi connectivity index (χ1) is 21.7. The monoisotopic (exact) mass is 636 g/mol. The molecule has 0 aliphatic rings. The first-order valence-corrected chi connectivity index (χ1v) is 14.5. The summed E-state index contributed by atoms with van der Waals surface area (Å²) in [5.74, 6) is 0.244. The van der Waals surface area contributed by atoms with E-state index < -0.39 is 12.3 Å². The maximum atomic E-state index is 9.84. The molecule has 0 heterocycles. The van der Waals surface area contributed by atoms with Crippen molar-refractivity contribution in [2.45, 2.75) is 6.29 Å². The van der Waals surface area contributed by atoms with Crippen molar-refractivity contribution in [3.05, 3.63) is 43.0 Å². The molecule has 1 rings (SSSR count). The molecule has 14 heteroatoms. The van der Waals surface area contributed by atoms with Crippen molar-refractivity contribution in [1.29, 1.82) is 0 Å². The van der Waals surface area contributed by atoms with E-state index >= 15 is 0 Å². The summed E-state index contributed by atoms with van der Waals surface area (Å²) in [6.07, 6.45) is 0.387. The number of aliphatic hydroxyl groups excluding tert-OH is 2. The topological polar surface area (TPSA) is 159 Å². The van der Waals surface area contributed by atoms with E-state index in [0.29, 0.717) is 118 Å². The molecule has 0 spiro atoms. The SMILES string of the molecule is C=CC(=O)OC.OCCOCCOCCOCCOCCOCCOCCOCCOCCOC(CO)Oc1ccccc1. The molecule has 0 aromatic heterocycles. The normalized spacial score (nSPS) is 11.4. The van der Waals surface area contributed by atoms with Gasteiger partial charge >= 0.3 is 5.97 Å². The van der Waals surface area contributed by atoms with E-state index in [-0.39, 0.29) is 13.2 Å². The minimum atomic E-state index is -0.725. The molecule has 0 aliphatic heterocycles. The Morgan fingerprint density at radius 2 is 1.00 bits per heavy atom. The zero-order valence-corrected chi connectivity index (χ0v) is 26.0. The number of methoxy groups -OCH3 is 1. The first-order valence-electron chi connectivity index (χ1n) is 14.5. The Morgan fingerprint density at radius 3 is 1.30 bits per heavy atom. The fourth-order valence-corrected chi connectivity index (χ4v) is 2.80. The summed E-state index contributed by atoms with van der Waals surface area (Å²) < 4.78 is 58.1. The summed E-state index contributed by atoms with van der Waals surface area (Å²) in [6.45, 7) is 10.7. The molecule has 0 bridgehead atoms. The van der Waals surface area contributed by atoms with Gasteiger partial charge in [0.25, 0.3) is 0 Å². The average Bonchev–Trinajstić information content (AvgIpc) is 3.06. The number of para-hydroxylation sites is 1. The number of carbonyl (C=O) groups is 1. The van der Waals surface area contributed by atoms with Crippen molar-refractivity contribution in [3.8, 4) is 5.75 Å². The summed E-state index contributed by atoms with van der Waals surface area (Å²) >= 11 is 0. The Labute approximate surface area is 261 Å². The minimum Gasteiger partial charge on any atom is -0.466 e. The number of esters is 1. The van der Waals surface area contributed by atoms with Gasteiger partial charge in [-0.25, -0.2) is 4.79 Å². The quantitative estimate of drug-likeness (QED) is 0.0512. The zero-order valence-electron chi connectivity index (χ0n) is 26.0. The summed E-state index contributed by atoms with van der Waals surface area (Å²) in [5, 5.41) is 17.9. The second-order valence-corrected chi connectivity index (χ2v) is 8.26. The van der Waals surface area contributed by atoms with E-state index in [0.717, 1.165) is 6.08 Å². The Morgan fingerprint density at radius 1 is 0.636 bits per heavy atom. The summed E-state index contributed by atoms with van der Waals surface area (Å²) in [5.41, 5.74) is 0. The highest BCUT2D eigenvalue weighted by Gasteiger charge is 2.09. The lowest BCUT2D eigenvalue weighted by molar-refractivity contribution is -0.134. The van der Waals surface area contributed by atoms with Crippen molar-refractivity contribution in [3.63, 3.8) is 0 Å².